The van der Waals surface area contributed by atoms with Crippen molar-refractivity contribution >= 4 is 44.5 Å². The topological polar surface area (TPSA) is 44.1 Å². The molecule has 0 saturated heterocycles. The molecule has 1 heterocycles. The summed E-state index contributed by atoms with van der Waals surface area (Å²) < 4.78 is 20.3. The summed E-state index contributed by atoms with van der Waals surface area (Å²) in [7, 11) is 1.34. The van der Waals surface area contributed by atoms with E-state index in [1.54, 1.807) is 13.0 Å². The maximum Gasteiger partial charge on any atom is 0.307 e. The molecule has 0 N–H and O–H groups in total. The number of ether oxygens (including phenoxy) is 1. The van der Waals surface area contributed by atoms with Crippen LogP contribution in [-0.4, -0.2) is 22.6 Å². The zero-order valence-electron chi connectivity index (χ0n) is 11.0. The number of rotatable bonds is 4. The van der Waals surface area contributed by atoms with Crippen LogP contribution in [0.1, 0.15) is 24.5 Å². The van der Waals surface area contributed by atoms with Crippen LogP contribution in [-0.2, 0) is 16.1 Å². The minimum atomic E-state index is -0.385. The maximum atomic E-state index is 13.6. The predicted molar refractivity (Wildman–Crippen MR) is 78.3 cm³/mol. The Morgan fingerprint density at radius 2 is 2.30 bits per heavy atom. The lowest BCUT2D eigenvalue weighted by molar-refractivity contribution is -0.140. The molecular weight excluding hydrogens is 351 g/mol. The predicted octanol–water partition coefficient (Wildman–Crippen LogP) is 3.80. The highest BCUT2D eigenvalue weighted by Crippen LogP contribution is 2.28. The van der Waals surface area contributed by atoms with Crippen LogP contribution in [0.4, 0.5) is 4.39 Å². The van der Waals surface area contributed by atoms with E-state index in [2.05, 4.69) is 25.7 Å². The molecule has 1 atom stereocenters. The van der Waals surface area contributed by atoms with Crippen molar-refractivity contribution in [2.45, 2.75) is 25.3 Å². The van der Waals surface area contributed by atoms with E-state index in [9.17, 15) is 9.18 Å². The van der Waals surface area contributed by atoms with E-state index in [0.717, 1.165) is 5.52 Å². The summed E-state index contributed by atoms with van der Waals surface area (Å²) in [4.78, 5) is 15.6. The number of carbonyl (C=O) groups excluding carboxylic acids is 1. The minimum absolute atomic E-state index is 0.202. The van der Waals surface area contributed by atoms with Gasteiger partial charge in [0.15, 0.2) is 0 Å². The fourth-order valence-electron chi connectivity index (χ4n) is 1.98. The molecule has 0 aliphatic heterocycles. The smallest absolute Gasteiger partial charge is 0.307 e. The van der Waals surface area contributed by atoms with Crippen molar-refractivity contribution < 1.29 is 13.9 Å². The number of fused-ring (bicyclic) bond motifs is 1. The maximum absolute atomic E-state index is 13.6. The molecule has 0 radical (unpaired) electrons. The van der Waals surface area contributed by atoms with Crippen molar-refractivity contribution in [3.05, 3.63) is 28.2 Å². The van der Waals surface area contributed by atoms with Gasteiger partial charge in [-0.3, -0.25) is 4.79 Å². The van der Waals surface area contributed by atoms with Gasteiger partial charge in [-0.2, -0.15) is 0 Å². The Morgan fingerprint density at radius 3 is 2.90 bits per heavy atom. The lowest BCUT2D eigenvalue weighted by Gasteiger charge is -2.09. The second-order valence-corrected chi connectivity index (χ2v) is 5.83. The number of aromatic nitrogens is 2. The molecule has 0 aliphatic carbocycles. The van der Waals surface area contributed by atoms with E-state index >= 15 is 0 Å². The Kier molecular flexibility index (Phi) is 4.65. The number of imidazole rings is 1. The molecule has 1 aromatic heterocycles. The summed E-state index contributed by atoms with van der Waals surface area (Å²) in [5.74, 6) is -0.104. The molecule has 0 bridgehead atoms. The van der Waals surface area contributed by atoms with Crippen molar-refractivity contribution in [2.75, 3.05) is 7.11 Å². The lowest BCUT2D eigenvalue weighted by atomic mass is 10.3. The zero-order chi connectivity index (χ0) is 14.9. The number of benzene rings is 1. The van der Waals surface area contributed by atoms with Gasteiger partial charge in [0.2, 0.25) is 0 Å². The van der Waals surface area contributed by atoms with E-state index in [4.69, 9.17) is 11.6 Å². The Labute approximate surface area is 129 Å². The van der Waals surface area contributed by atoms with Gasteiger partial charge in [-0.25, -0.2) is 9.37 Å². The van der Waals surface area contributed by atoms with Crippen molar-refractivity contribution in [3.8, 4) is 0 Å². The van der Waals surface area contributed by atoms with E-state index in [1.807, 2.05) is 4.57 Å². The number of aryl methyl sites for hydroxylation is 1. The molecular formula is C13H13BrClFN2O2. The van der Waals surface area contributed by atoms with Gasteiger partial charge in [-0.1, -0.05) is 0 Å². The van der Waals surface area contributed by atoms with Gasteiger partial charge < -0.3 is 9.30 Å². The minimum Gasteiger partial charge on any atom is -0.469 e. The molecule has 0 fully saturated rings. The van der Waals surface area contributed by atoms with Crippen molar-refractivity contribution in [1.82, 2.24) is 9.55 Å². The number of nitrogens with zero attached hydrogens (tertiary/aromatic N) is 2. The molecule has 108 valence electrons. The van der Waals surface area contributed by atoms with E-state index in [1.165, 1.54) is 13.2 Å². The van der Waals surface area contributed by atoms with Gasteiger partial charge in [0.05, 0.1) is 34.4 Å². The van der Waals surface area contributed by atoms with E-state index in [-0.39, 0.29) is 23.6 Å². The first-order valence-electron chi connectivity index (χ1n) is 6.00. The Morgan fingerprint density at radius 1 is 1.60 bits per heavy atom. The summed E-state index contributed by atoms with van der Waals surface area (Å²) in [6.45, 7) is 2.16. The number of alkyl halides is 1. The largest absolute Gasteiger partial charge is 0.469 e. The monoisotopic (exact) mass is 362 g/mol. The highest BCUT2D eigenvalue weighted by molar-refractivity contribution is 9.10. The zero-order valence-corrected chi connectivity index (χ0v) is 13.3. The average molecular weight is 364 g/mol. The lowest BCUT2D eigenvalue weighted by Crippen LogP contribution is -2.10. The number of hydrogen-bond acceptors (Lipinski definition) is 3. The standard InChI is InChI=1S/C13H13BrClFN2O2/c1-7(15)13-17-10-6-9(16)8(14)5-11(10)18(13)4-3-12(19)20-2/h5-7H,3-4H2,1-2H3. The quantitative estimate of drug-likeness (QED) is 0.613. The number of carbonyl (C=O) groups is 1. The normalized spacial score (nSPS) is 12.7. The summed E-state index contributed by atoms with van der Waals surface area (Å²) in [6.07, 6.45) is 0.202. The third-order valence-electron chi connectivity index (χ3n) is 2.94. The molecule has 7 heteroatoms. The molecule has 2 aromatic rings. The SMILES string of the molecule is COC(=O)CCn1c(C(C)Cl)nc2cc(F)c(Br)cc21. The van der Waals surface area contributed by atoms with E-state index < -0.39 is 0 Å². The van der Waals surface area contributed by atoms with Crippen LogP contribution in [0, 0.1) is 5.82 Å². The average Bonchev–Trinajstić information content (AvgIpc) is 2.74. The van der Waals surface area contributed by atoms with Gasteiger partial charge in [0, 0.05) is 12.6 Å². The van der Waals surface area contributed by atoms with Gasteiger partial charge in [-0.15, -0.1) is 11.6 Å². The summed E-state index contributed by atoms with van der Waals surface area (Å²) in [5.41, 5.74) is 1.24. The molecule has 0 aliphatic rings. The van der Waals surface area contributed by atoms with Crippen LogP contribution in [0.2, 0.25) is 0 Å². The first-order chi connectivity index (χ1) is 9.43. The summed E-state index contributed by atoms with van der Waals surface area (Å²) >= 11 is 9.25. The Balaban J connectivity index is 2.50. The fraction of sp³-hybridized carbons (Fsp3) is 0.385. The van der Waals surface area contributed by atoms with Gasteiger partial charge in [0.1, 0.15) is 11.6 Å². The first-order valence-corrected chi connectivity index (χ1v) is 7.23. The number of methoxy groups -OCH3 is 1. The second-order valence-electron chi connectivity index (χ2n) is 4.32. The molecule has 0 amide bonds. The number of hydrogen-bond donors (Lipinski definition) is 0. The van der Waals surface area contributed by atoms with Crippen molar-refractivity contribution in [2.24, 2.45) is 0 Å². The van der Waals surface area contributed by atoms with Crippen LogP contribution in [0.15, 0.2) is 16.6 Å². The number of esters is 1. The third kappa shape index (κ3) is 2.96. The summed E-state index contributed by atoms with van der Waals surface area (Å²) in [5, 5.41) is -0.345. The van der Waals surface area contributed by atoms with Crippen LogP contribution >= 0.6 is 27.5 Å². The number of halogens is 3. The molecule has 2 rings (SSSR count). The highest BCUT2D eigenvalue weighted by atomic mass is 79.9. The van der Waals surface area contributed by atoms with Crippen LogP contribution in [0.3, 0.4) is 0 Å². The highest BCUT2D eigenvalue weighted by Gasteiger charge is 2.17. The molecule has 0 saturated carbocycles. The van der Waals surface area contributed by atoms with E-state index in [0.29, 0.717) is 22.4 Å². The van der Waals surface area contributed by atoms with Crippen molar-refractivity contribution in [1.29, 1.82) is 0 Å². The van der Waals surface area contributed by atoms with Gasteiger partial charge >= 0.3 is 5.97 Å². The first kappa shape index (κ1) is 15.3. The van der Waals surface area contributed by atoms with Crippen molar-refractivity contribution in [3.63, 3.8) is 0 Å². The Hall–Kier alpha value is -1.14. The molecule has 1 unspecified atom stereocenters. The fourth-order valence-corrected chi connectivity index (χ4v) is 2.48. The molecule has 4 nitrogen and oxygen atoms in total. The van der Waals surface area contributed by atoms with Crippen LogP contribution < -0.4 is 0 Å². The second kappa shape index (κ2) is 6.10. The Bertz CT molecular complexity index is 657. The van der Waals surface area contributed by atoms with Gasteiger partial charge in [0.25, 0.3) is 0 Å². The van der Waals surface area contributed by atoms with Crippen LogP contribution in [0.25, 0.3) is 11.0 Å². The molecule has 0 spiro atoms. The molecule has 20 heavy (non-hydrogen) atoms. The molecule has 1 aromatic carbocycles. The van der Waals surface area contributed by atoms with Crippen LogP contribution in [0.5, 0.6) is 0 Å². The third-order valence-corrected chi connectivity index (χ3v) is 3.75. The van der Waals surface area contributed by atoms with Gasteiger partial charge in [-0.05, 0) is 28.9 Å². The summed E-state index contributed by atoms with van der Waals surface area (Å²) in [6, 6.07) is 2.98.